The third kappa shape index (κ3) is 6.01. The second-order valence-corrected chi connectivity index (χ2v) is 10.3. The van der Waals surface area contributed by atoms with Crippen molar-refractivity contribution >= 4 is 21.6 Å². The van der Waals surface area contributed by atoms with Crippen LogP contribution in [-0.2, 0) is 21.2 Å². The highest BCUT2D eigenvalue weighted by atomic mass is 32.2. The van der Waals surface area contributed by atoms with E-state index in [2.05, 4.69) is 34.5 Å². The van der Waals surface area contributed by atoms with Crippen LogP contribution < -0.4 is 15.0 Å². The molecule has 1 heterocycles. The Morgan fingerprint density at radius 1 is 1.12 bits per heavy atom. The molecule has 0 spiro atoms. The highest BCUT2D eigenvalue weighted by Crippen LogP contribution is 2.25. The van der Waals surface area contributed by atoms with E-state index < -0.39 is 10.0 Å². The maximum atomic E-state index is 13.0. The molecule has 174 valence electrons. The summed E-state index contributed by atoms with van der Waals surface area (Å²) < 4.78 is 32.5. The van der Waals surface area contributed by atoms with Crippen LogP contribution in [0, 0.1) is 5.92 Å². The minimum absolute atomic E-state index is 0.0670. The number of amides is 1. The summed E-state index contributed by atoms with van der Waals surface area (Å²) in [4.78, 5) is 15.0. The number of carbonyl (C=O) groups excluding carboxylic acids is 1. The Labute approximate surface area is 191 Å². The molecule has 1 amide bonds. The van der Waals surface area contributed by atoms with E-state index in [9.17, 15) is 13.2 Å². The quantitative estimate of drug-likeness (QED) is 0.584. The minimum atomic E-state index is -3.63. The van der Waals surface area contributed by atoms with E-state index in [-0.39, 0.29) is 23.3 Å². The zero-order chi connectivity index (χ0) is 23.1. The van der Waals surface area contributed by atoms with Gasteiger partial charge in [0.05, 0.1) is 17.9 Å². The topological polar surface area (TPSA) is 79.0 Å². The maximum absolute atomic E-state index is 13.0. The summed E-state index contributed by atoms with van der Waals surface area (Å²) >= 11 is 0. The maximum Gasteiger partial charge on any atom is 0.243 e. The first kappa shape index (κ1) is 24.1. The predicted molar refractivity (Wildman–Crippen MR) is 127 cm³/mol. The average Bonchev–Trinajstić information content (AvgIpc) is 2.82. The third-order valence-corrected chi connectivity index (χ3v) is 7.73. The van der Waals surface area contributed by atoms with Gasteiger partial charge in [0.1, 0.15) is 5.75 Å². The summed E-state index contributed by atoms with van der Waals surface area (Å²) in [5, 5.41) is 2.99. The fraction of sp³-hybridized carbons (Fsp3) is 0.458. The van der Waals surface area contributed by atoms with Crippen LogP contribution in [0.15, 0.2) is 53.4 Å². The lowest BCUT2D eigenvalue weighted by Crippen LogP contribution is -2.45. The number of nitrogens with zero attached hydrogens (tertiary/aromatic N) is 2. The van der Waals surface area contributed by atoms with E-state index in [4.69, 9.17) is 4.74 Å². The zero-order valence-electron chi connectivity index (χ0n) is 19.1. The molecule has 0 aromatic heterocycles. The van der Waals surface area contributed by atoms with Gasteiger partial charge in [0.15, 0.2) is 0 Å². The number of hydrogen-bond acceptors (Lipinski definition) is 5. The molecule has 1 saturated heterocycles. The Balaban J connectivity index is 1.49. The van der Waals surface area contributed by atoms with Gasteiger partial charge in [0.2, 0.25) is 15.9 Å². The van der Waals surface area contributed by atoms with Gasteiger partial charge in [-0.3, -0.25) is 4.79 Å². The molecular weight excluding hydrogens is 426 g/mol. The number of carbonyl (C=O) groups is 1. The average molecular weight is 460 g/mol. The van der Waals surface area contributed by atoms with Crippen molar-refractivity contribution in [3.63, 3.8) is 0 Å². The number of sulfonamides is 1. The number of benzene rings is 2. The second-order valence-electron chi connectivity index (χ2n) is 8.33. The highest BCUT2D eigenvalue weighted by molar-refractivity contribution is 7.89. The SMILES string of the molecule is COc1ccc(S(=O)(=O)N2CCCC(C(=O)NCCCc3ccc(N(C)C)cc3)C2)cc1. The number of nitrogens with one attached hydrogen (secondary N) is 1. The standard InChI is InChI=1S/C24H33N3O4S/c1-26(2)21-10-8-19(9-11-21)6-4-16-25-24(28)20-7-5-17-27(18-20)32(29,30)23-14-12-22(31-3)13-15-23/h8-15,20H,4-7,16-18H2,1-3H3,(H,25,28). The Morgan fingerprint density at radius 3 is 2.44 bits per heavy atom. The third-order valence-electron chi connectivity index (χ3n) is 5.85. The number of methoxy groups -OCH3 is 1. The predicted octanol–water partition coefficient (Wildman–Crippen LogP) is 2.91. The first-order chi connectivity index (χ1) is 15.3. The van der Waals surface area contributed by atoms with Crippen LogP contribution in [0.4, 0.5) is 5.69 Å². The van der Waals surface area contributed by atoms with E-state index in [1.165, 1.54) is 17.0 Å². The Kier molecular flexibility index (Phi) is 8.15. The minimum Gasteiger partial charge on any atom is -0.497 e. The van der Waals surface area contributed by atoms with Gasteiger partial charge in [-0.15, -0.1) is 0 Å². The molecule has 32 heavy (non-hydrogen) atoms. The molecule has 0 bridgehead atoms. The molecule has 1 unspecified atom stereocenters. The largest absolute Gasteiger partial charge is 0.497 e. The summed E-state index contributed by atoms with van der Waals surface area (Å²) in [7, 11) is 1.94. The normalized spacial score (nSPS) is 17.0. The number of rotatable bonds is 9. The molecule has 0 saturated carbocycles. The van der Waals surface area contributed by atoms with Crippen LogP contribution in [-0.4, -0.2) is 59.5 Å². The first-order valence-electron chi connectivity index (χ1n) is 11.0. The molecule has 7 nitrogen and oxygen atoms in total. The number of piperidine rings is 1. The molecule has 1 fully saturated rings. The molecule has 1 aliphatic rings. The van der Waals surface area contributed by atoms with E-state index in [1.807, 2.05) is 14.1 Å². The van der Waals surface area contributed by atoms with E-state index in [0.29, 0.717) is 31.7 Å². The molecule has 3 rings (SSSR count). The summed E-state index contributed by atoms with van der Waals surface area (Å²) in [6.45, 7) is 1.23. The zero-order valence-corrected chi connectivity index (χ0v) is 19.9. The molecular formula is C24H33N3O4S. The van der Waals surface area contributed by atoms with E-state index >= 15 is 0 Å². The summed E-state index contributed by atoms with van der Waals surface area (Å²) in [5.74, 6) is 0.215. The van der Waals surface area contributed by atoms with E-state index in [0.717, 1.165) is 18.5 Å². The van der Waals surface area contributed by atoms with Gasteiger partial charge in [-0.25, -0.2) is 8.42 Å². The Hall–Kier alpha value is -2.58. The molecule has 1 N–H and O–H groups in total. The van der Waals surface area contributed by atoms with Crippen molar-refractivity contribution in [3.8, 4) is 5.75 Å². The van der Waals surface area contributed by atoms with Crippen LogP contribution in [0.2, 0.25) is 0 Å². The van der Waals surface area contributed by atoms with Crippen molar-refractivity contribution < 1.29 is 17.9 Å². The van der Waals surface area contributed by atoms with Gasteiger partial charge in [-0.2, -0.15) is 4.31 Å². The molecule has 1 aliphatic heterocycles. The lowest BCUT2D eigenvalue weighted by Gasteiger charge is -2.31. The van der Waals surface area contributed by atoms with Gasteiger partial charge in [-0.1, -0.05) is 12.1 Å². The number of ether oxygens (including phenoxy) is 1. The van der Waals surface area contributed by atoms with Crippen LogP contribution >= 0.6 is 0 Å². The fourth-order valence-corrected chi connectivity index (χ4v) is 5.40. The lowest BCUT2D eigenvalue weighted by atomic mass is 9.99. The molecule has 2 aromatic carbocycles. The van der Waals surface area contributed by atoms with Crippen molar-refractivity contribution in [1.82, 2.24) is 9.62 Å². The van der Waals surface area contributed by atoms with Crippen LogP contribution in [0.5, 0.6) is 5.75 Å². The molecule has 1 atom stereocenters. The van der Waals surface area contributed by atoms with E-state index in [1.54, 1.807) is 24.3 Å². The Morgan fingerprint density at radius 2 is 1.81 bits per heavy atom. The number of anilines is 1. The smallest absolute Gasteiger partial charge is 0.243 e. The number of aryl methyl sites for hydroxylation is 1. The first-order valence-corrected chi connectivity index (χ1v) is 12.4. The molecule has 0 aliphatic carbocycles. The lowest BCUT2D eigenvalue weighted by molar-refractivity contribution is -0.126. The van der Waals surface area contributed by atoms with Gasteiger partial charge in [0.25, 0.3) is 0 Å². The summed E-state index contributed by atoms with van der Waals surface area (Å²) in [5.41, 5.74) is 2.40. The van der Waals surface area contributed by atoms with Crippen molar-refractivity contribution in [3.05, 3.63) is 54.1 Å². The Bertz CT molecular complexity index is 989. The van der Waals surface area contributed by atoms with Crippen LogP contribution in [0.3, 0.4) is 0 Å². The summed E-state index contributed by atoms with van der Waals surface area (Å²) in [6.07, 6.45) is 3.10. The van der Waals surface area contributed by atoms with Gasteiger partial charge < -0.3 is 15.0 Å². The van der Waals surface area contributed by atoms with Gasteiger partial charge in [-0.05, 0) is 67.6 Å². The van der Waals surface area contributed by atoms with Crippen molar-refractivity contribution in [2.45, 2.75) is 30.6 Å². The molecule has 0 radical (unpaired) electrons. The summed E-state index contributed by atoms with van der Waals surface area (Å²) in [6, 6.07) is 14.8. The van der Waals surface area contributed by atoms with Gasteiger partial charge >= 0.3 is 0 Å². The second kappa shape index (κ2) is 10.8. The monoisotopic (exact) mass is 459 g/mol. The van der Waals surface area contributed by atoms with Crippen molar-refractivity contribution in [2.24, 2.45) is 5.92 Å². The van der Waals surface area contributed by atoms with Gasteiger partial charge in [0, 0.05) is 39.4 Å². The highest BCUT2D eigenvalue weighted by Gasteiger charge is 2.33. The molecule has 8 heteroatoms. The number of hydrogen-bond donors (Lipinski definition) is 1. The van der Waals surface area contributed by atoms with Crippen LogP contribution in [0.1, 0.15) is 24.8 Å². The van der Waals surface area contributed by atoms with Crippen LogP contribution in [0.25, 0.3) is 0 Å². The molecule has 2 aromatic rings. The van der Waals surface area contributed by atoms with Crippen molar-refractivity contribution in [2.75, 3.05) is 45.7 Å². The fourth-order valence-electron chi connectivity index (χ4n) is 3.88. The van der Waals surface area contributed by atoms with Crippen molar-refractivity contribution in [1.29, 1.82) is 0 Å².